The number of nitrogens with zero attached hydrogens (tertiary/aromatic N) is 4. The molecular formula is C24H20F3N5O3. The highest BCUT2D eigenvalue weighted by molar-refractivity contribution is 5.73. The van der Waals surface area contributed by atoms with E-state index in [2.05, 4.69) is 15.1 Å². The smallest absolute Gasteiger partial charge is 0.429 e. The number of halogens is 3. The first-order valence-electron chi connectivity index (χ1n) is 10.4. The van der Waals surface area contributed by atoms with E-state index in [1.807, 2.05) is 0 Å². The van der Waals surface area contributed by atoms with Gasteiger partial charge in [0.25, 0.3) is 0 Å². The first kappa shape index (κ1) is 23.9. The standard InChI is InChI=1S/C24H20F3N5O3/c25-24(26,27)22(17-4-1-2-5-20(17)32-11-3-10-31-32)35-21-13-19(29-14-30-21)16-8-6-15(7-9-16)12-18(28)23(33)34/h1-11,13-14,18,22H,12,28H2,(H,33,34)/t18-,22?/m0/s1. The molecule has 0 amide bonds. The molecule has 4 aromatic rings. The number of hydrogen-bond acceptors (Lipinski definition) is 6. The van der Waals surface area contributed by atoms with Gasteiger partial charge in [-0.05, 0) is 24.1 Å². The van der Waals surface area contributed by atoms with Crippen LogP contribution in [0.5, 0.6) is 5.88 Å². The van der Waals surface area contributed by atoms with E-state index in [9.17, 15) is 18.0 Å². The van der Waals surface area contributed by atoms with Crippen molar-refractivity contribution in [3.8, 4) is 22.8 Å². The van der Waals surface area contributed by atoms with Crippen molar-refractivity contribution in [1.29, 1.82) is 0 Å². The lowest BCUT2D eigenvalue weighted by Crippen LogP contribution is -2.32. The molecule has 0 radical (unpaired) electrons. The highest BCUT2D eigenvalue weighted by atomic mass is 19.4. The third-order valence-corrected chi connectivity index (χ3v) is 5.17. The van der Waals surface area contributed by atoms with Gasteiger partial charge in [0.2, 0.25) is 12.0 Å². The molecular weight excluding hydrogens is 463 g/mol. The summed E-state index contributed by atoms with van der Waals surface area (Å²) in [6.07, 6.45) is -2.77. The maximum atomic E-state index is 14.1. The second-order valence-corrected chi connectivity index (χ2v) is 7.64. The number of carboxylic acids is 1. The van der Waals surface area contributed by atoms with Gasteiger partial charge < -0.3 is 15.6 Å². The molecule has 2 aromatic heterocycles. The fourth-order valence-electron chi connectivity index (χ4n) is 3.47. The van der Waals surface area contributed by atoms with E-state index in [0.29, 0.717) is 16.8 Å². The number of alkyl halides is 3. The van der Waals surface area contributed by atoms with E-state index in [1.165, 1.54) is 35.1 Å². The Balaban J connectivity index is 1.61. The zero-order chi connectivity index (χ0) is 25.0. The second kappa shape index (κ2) is 9.94. The second-order valence-electron chi connectivity index (χ2n) is 7.64. The Morgan fingerprint density at radius 2 is 1.83 bits per heavy atom. The number of benzene rings is 2. The Labute approximate surface area is 197 Å². The van der Waals surface area contributed by atoms with Crippen LogP contribution in [0.3, 0.4) is 0 Å². The van der Waals surface area contributed by atoms with Gasteiger partial charge in [-0.2, -0.15) is 18.3 Å². The normalized spacial score (nSPS) is 13.3. The number of para-hydroxylation sites is 1. The highest BCUT2D eigenvalue weighted by Gasteiger charge is 2.44. The number of carbonyl (C=O) groups is 1. The van der Waals surface area contributed by atoms with Gasteiger partial charge in [-0.25, -0.2) is 14.6 Å². The average molecular weight is 483 g/mol. The van der Waals surface area contributed by atoms with E-state index < -0.39 is 24.3 Å². The Bertz CT molecular complexity index is 1290. The molecule has 0 bridgehead atoms. The fourth-order valence-corrected chi connectivity index (χ4v) is 3.47. The fraction of sp³-hybridized carbons (Fsp3) is 0.167. The topological polar surface area (TPSA) is 116 Å². The monoisotopic (exact) mass is 483 g/mol. The van der Waals surface area contributed by atoms with Crippen molar-refractivity contribution >= 4 is 5.97 Å². The van der Waals surface area contributed by atoms with Crippen LogP contribution in [0.4, 0.5) is 13.2 Å². The van der Waals surface area contributed by atoms with Gasteiger partial charge in [-0.3, -0.25) is 4.79 Å². The minimum atomic E-state index is -4.74. The van der Waals surface area contributed by atoms with Crippen LogP contribution in [0.15, 0.2) is 79.4 Å². The van der Waals surface area contributed by atoms with Gasteiger partial charge in [0, 0.05) is 29.6 Å². The average Bonchev–Trinajstić information content (AvgIpc) is 3.37. The third-order valence-electron chi connectivity index (χ3n) is 5.17. The van der Waals surface area contributed by atoms with Crippen molar-refractivity contribution in [3.05, 3.63) is 90.5 Å². The van der Waals surface area contributed by atoms with Gasteiger partial charge in [0.05, 0.1) is 11.4 Å². The molecule has 0 spiro atoms. The number of aromatic nitrogens is 4. The van der Waals surface area contributed by atoms with Crippen molar-refractivity contribution in [2.24, 2.45) is 5.73 Å². The predicted octanol–water partition coefficient (Wildman–Crippen LogP) is 3.97. The van der Waals surface area contributed by atoms with Crippen molar-refractivity contribution < 1.29 is 27.8 Å². The Morgan fingerprint density at radius 3 is 2.49 bits per heavy atom. The van der Waals surface area contributed by atoms with E-state index >= 15 is 0 Å². The van der Waals surface area contributed by atoms with Crippen molar-refractivity contribution in [1.82, 2.24) is 19.7 Å². The highest BCUT2D eigenvalue weighted by Crippen LogP contribution is 2.39. The van der Waals surface area contributed by atoms with Crippen molar-refractivity contribution in [2.45, 2.75) is 24.7 Å². The van der Waals surface area contributed by atoms with Crippen LogP contribution in [-0.4, -0.2) is 43.0 Å². The molecule has 8 nitrogen and oxygen atoms in total. The minimum Gasteiger partial charge on any atom is -0.480 e. The van der Waals surface area contributed by atoms with Crippen LogP contribution >= 0.6 is 0 Å². The maximum Gasteiger partial charge on any atom is 0.429 e. The molecule has 1 unspecified atom stereocenters. The Kier molecular flexibility index (Phi) is 6.78. The van der Waals surface area contributed by atoms with E-state index in [-0.39, 0.29) is 23.6 Å². The molecule has 0 fully saturated rings. The number of carboxylic acid groups (broad SMARTS) is 1. The van der Waals surface area contributed by atoms with Crippen LogP contribution in [0, 0.1) is 0 Å². The zero-order valence-electron chi connectivity index (χ0n) is 18.1. The summed E-state index contributed by atoms with van der Waals surface area (Å²) in [4.78, 5) is 18.9. The van der Waals surface area contributed by atoms with Gasteiger partial charge in [-0.1, -0.05) is 42.5 Å². The molecule has 0 saturated carbocycles. The lowest BCUT2D eigenvalue weighted by molar-refractivity contribution is -0.198. The molecule has 0 aliphatic rings. The molecule has 35 heavy (non-hydrogen) atoms. The summed E-state index contributed by atoms with van der Waals surface area (Å²) in [6, 6.07) is 14.5. The van der Waals surface area contributed by atoms with Gasteiger partial charge >= 0.3 is 12.1 Å². The lowest BCUT2D eigenvalue weighted by atomic mass is 10.0. The molecule has 2 atom stereocenters. The molecule has 0 saturated heterocycles. The largest absolute Gasteiger partial charge is 0.480 e. The summed E-state index contributed by atoms with van der Waals surface area (Å²) in [7, 11) is 0. The molecule has 0 aliphatic heterocycles. The lowest BCUT2D eigenvalue weighted by Gasteiger charge is -2.23. The summed E-state index contributed by atoms with van der Waals surface area (Å²) >= 11 is 0. The van der Waals surface area contributed by atoms with Gasteiger partial charge in [0.1, 0.15) is 12.4 Å². The van der Waals surface area contributed by atoms with Crippen LogP contribution in [0.25, 0.3) is 16.9 Å². The maximum absolute atomic E-state index is 14.1. The SMILES string of the molecule is N[C@@H](Cc1ccc(-c2cc(OC(c3ccccc3-n3cccn3)C(F)(F)F)ncn2)cc1)C(=O)O. The number of ether oxygens (including phenoxy) is 1. The number of hydrogen-bond donors (Lipinski definition) is 2. The zero-order valence-corrected chi connectivity index (χ0v) is 18.1. The van der Waals surface area contributed by atoms with E-state index in [1.54, 1.807) is 42.6 Å². The first-order chi connectivity index (χ1) is 16.7. The Hall–Kier alpha value is -4.25. The molecule has 2 aromatic carbocycles. The summed E-state index contributed by atoms with van der Waals surface area (Å²) in [6.45, 7) is 0. The molecule has 11 heteroatoms. The van der Waals surface area contributed by atoms with Crippen molar-refractivity contribution in [3.63, 3.8) is 0 Å². The minimum absolute atomic E-state index is 0.122. The predicted molar refractivity (Wildman–Crippen MR) is 120 cm³/mol. The molecule has 2 heterocycles. The quantitative estimate of drug-likeness (QED) is 0.390. The van der Waals surface area contributed by atoms with Crippen LogP contribution in [0.2, 0.25) is 0 Å². The summed E-state index contributed by atoms with van der Waals surface area (Å²) in [5.74, 6) is -1.37. The molecule has 0 aliphatic carbocycles. The Morgan fingerprint density at radius 1 is 1.09 bits per heavy atom. The van der Waals surface area contributed by atoms with Gasteiger partial charge in [0.15, 0.2) is 0 Å². The first-order valence-corrected chi connectivity index (χ1v) is 10.4. The van der Waals surface area contributed by atoms with Gasteiger partial charge in [-0.15, -0.1) is 0 Å². The van der Waals surface area contributed by atoms with Crippen LogP contribution in [-0.2, 0) is 11.2 Å². The van der Waals surface area contributed by atoms with Crippen molar-refractivity contribution in [2.75, 3.05) is 0 Å². The summed E-state index contributed by atoms with van der Waals surface area (Å²) < 4.78 is 49.0. The summed E-state index contributed by atoms with van der Waals surface area (Å²) in [5.41, 5.74) is 7.28. The van der Waals surface area contributed by atoms with E-state index in [4.69, 9.17) is 15.6 Å². The van der Waals surface area contributed by atoms with E-state index in [0.717, 1.165) is 6.33 Å². The third kappa shape index (κ3) is 5.64. The molecule has 4 rings (SSSR count). The number of rotatable bonds is 8. The number of nitrogens with two attached hydrogens (primary N) is 1. The molecule has 3 N–H and O–H groups in total. The summed E-state index contributed by atoms with van der Waals surface area (Å²) in [5, 5.41) is 13.0. The van der Waals surface area contributed by atoms with Crippen LogP contribution < -0.4 is 10.5 Å². The van der Waals surface area contributed by atoms with Crippen LogP contribution in [0.1, 0.15) is 17.2 Å². The molecule has 180 valence electrons. The number of aliphatic carboxylic acids is 1.